The third-order valence-electron chi connectivity index (χ3n) is 4.77. The van der Waals surface area contributed by atoms with Crippen molar-refractivity contribution < 1.29 is 4.79 Å². The number of nitrogens with zero attached hydrogens (tertiary/aromatic N) is 2. The molecule has 0 saturated carbocycles. The highest BCUT2D eigenvalue weighted by Gasteiger charge is 2.26. The molecule has 1 aliphatic heterocycles. The number of fused-ring (bicyclic) bond motifs is 1. The highest BCUT2D eigenvalue weighted by atomic mass is 16.2. The van der Waals surface area contributed by atoms with Gasteiger partial charge in [-0.1, -0.05) is 80.6 Å². The van der Waals surface area contributed by atoms with E-state index in [1.54, 1.807) is 0 Å². The minimum absolute atomic E-state index is 0.222. The topological polar surface area (TPSA) is 53.8 Å². The first-order valence-corrected chi connectivity index (χ1v) is 9.35. The first-order chi connectivity index (χ1) is 13.6. The zero-order chi connectivity index (χ0) is 19.5. The maximum absolute atomic E-state index is 12.5. The van der Waals surface area contributed by atoms with Crippen LogP contribution in [0.1, 0.15) is 42.0 Å². The Morgan fingerprint density at radius 3 is 2.04 bits per heavy atom. The van der Waals surface area contributed by atoms with Crippen molar-refractivity contribution in [2.24, 2.45) is 10.2 Å². The molecule has 1 heterocycles. The van der Waals surface area contributed by atoms with Crippen LogP contribution >= 0.6 is 0 Å². The Morgan fingerprint density at radius 2 is 1.46 bits per heavy atom. The lowest BCUT2D eigenvalue weighted by molar-refractivity contribution is -0.110. The third kappa shape index (κ3) is 3.49. The van der Waals surface area contributed by atoms with Gasteiger partial charge in [-0.25, -0.2) is 0 Å². The van der Waals surface area contributed by atoms with Gasteiger partial charge in [-0.15, -0.1) is 10.2 Å². The summed E-state index contributed by atoms with van der Waals surface area (Å²) in [5, 5.41) is 11.8. The zero-order valence-electron chi connectivity index (χ0n) is 15.9. The molecule has 0 aliphatic carbocycles. The monoisotopic (exact) mass is 367 g/mol. The molecule has 0 saturated heterocycles. The molecule has 4 nitrogen and oxygen atoms in total. The molecule has 0 spiro atoms. The Morgan fingerprint density at radius 1 is 0.857 bits per heavy atom. The molecule has 1 N–H and O–H groups in total. The lowest BCUT2D eigenvalue weighted by atomic mass is 9.99. The van der Waals surface area contributed by atoms with Crippen LogP contribution < -0.4 is 5.32 Å². The van der Waals surface area contributed by atoms with E-state index >= 15 is 0 Å². The van der Waals surface area contributed by atoms with Gasteiger partial charge in [-0.2, -0.15) is 0 Å². The first kappa shape index (κ1) is 17.9. The number of carbonyl (C=O) groups excluding carboxylic acids is 1. The quantitative estimate of drug-likeness (QED) is 0.512. The van der Waals surface area contributed by atoms with Crippen LogP contribution in [-0.4, -0.2) is 17.3 Å². The van der Waals surface area contributed by atoms with E-state index in [-0.39, 0.29) is 5.91 Å². The second-order valence-corrected chi connectivity index (χ2v) is 7.04. The van der Waals surface area contributed by atoms with Gasteiger partial charge in [0.25, 0.3) is 5.91 Å². The fourth-order valence-electron chi connectivity index (χ4n) is 3.20. The van der Waals surface area contributed by atoms with Gasteiger partial charge in [-0.05, 0) is 23.6 Å². The van der Waals surface area contributed by atoms with Gasteiger partial charge < -0.3 is 5.32 Å². The number of rotatable bonds is 4. The van der Waals surface area contributed by atoms with E-state index in [1.807, 2.05) is 78.9 Å². The maximum Gasteiger partial charge on any atom is 0.276 e. The number of carbonyl (C=O) groups is 1. The molecule has 28 heavy (non-hydrogen) atoms. The summed E-state index contributed by atoms with van der Waals surface area (Å²) in [7, 11) is 0. The smallest absolute Gasteiger partial charge is 0.276 e. The van der Waals surface area contributed by atoms with Gasteiger partial charge in [0, 0.05) is 16.7 Å². The van der Waals surface area contributed by atoms with Crippen molar-refractivity contribution in [2.75, 3.05) is 5.32 Å². The van der Waals surface area contributed by atoms with Crippen LogP contribution in [0.4, 0.5) is 5.69 Å². The number of nitrogens with one attached hydrogen (secondary N) is 1. The van der Waals surface area contributed by atoms with E-state index < -0.39 is 0 Å². The van der Waals surface area contributed by atoms with Crippen molar-refractivity contribution in [1.82, 2.24) is 0 Å². The first-order valence-electron chi connectivity index (χ1n) is 9.35. The Bertz CT molecular complexity index is 1030. The highest BCUT2D eigenvalue weighted by molar-refractivity contribution is 6.53. The summed E-state index contributed by atoms with van der Waals surface area (Å²) in [6.07, 6.45) is 0. The molecule has 3 aromatic rings. The minimum Gasteiger partial charge on any atom is -0.320 e. The molecule has 4 rings (SSSR count). The van der Waals surface area contributed by atoms with Gasteiger partial charge in [0.1, 0.15) is 5.71 Å². The largest absolute Gasteiger partial charge is 0.320 e. The van der Waals surface area contributed by atoms with E-state index in [9.17, 15) is 4.79 Å². The fraction of sp³-hybridized carbons (Fsp3) is 0.125. The molecule has 4 heteroatoms. The summed E-state index contributed by atoms with van der Waals surface area (Å²) >= 11 is 0. The highest BCUT2D eigenvalue weighted by Crippen LogP contribution is 2.28. The molecule has 1 aliphatic rings. The van der Waals surface area contributed by atoms with E-state index in [0.717, 1.165) is 28.1 Å². The second-order valence-electron chi connectivity index (χ2n) is 7.04. The average Bonchev–Trinajstić information content (AvgIpc) is 3.04. The van der Waals surface area contributed by atoms with Crippen molar-refractivity contribution in [2.45, 2.75) is 19.8 Å². The normalized spacial score (nSPS) is 14.1. The van der Waals surface area contributed by atoms with Crippen LogP contribution in [0.25, 0.3) is 0 Å². The van der Waals surface area contributed by atoms with Gasteiger partial charge >= 0.3 is 0 Å². The van der Waals surface area contributed by atoms with E-state index in [4.69, 9.17) is 0 Å². The molecule has 138 valence electrons. The summed E-state index contributed by atoms with van der Waals surface area (Å²) < 4.78 is 0. The molecule has 0 fully saturated rings. The molecule has 0 bridgehead atoms. The SMILES string of the molecule is CC(C)c1ccc2c(c1)/C(=N/N=C(c1ccccc1)c1ccccc1)C(=O)N2. The Kier molecular flexibility index (Phi) is 4.85. The zero-order valence-corrected chi connectivity index (χ0v) is 15.9. The van der Waals surface area contributed by atoms with Crippen molar-refractivity contribution in [1.29, 1.82) is 0 Å². The van der Waals surface area contributed by atoms with Gasteiger partial charge in [0.15, 0.2) is 5.71 Å². The lowest BCUT2D eigenvalue weighted by Crippen LogP contribution is -2.14. The van der Waals surface area contributed by atoms with E-state index in [2.05, 4.69) is 29.4 Å². The van der Waals surface area contributed by atoms with E-state index in [0.29, 0.717) is 11.6 Å². The summed E-state index contributed by atoms with van der Waals surface area (Å²) in [6.45, 7) is 4.26. The van der Waals surface area contributed by atoms with Gasteiger partial charge in [-0.3, -0.25) is 4.79 Å². The predicted octanol–water partition coefficient (Wildman–Crippen LogP) is 5.00. The maximum atomic E-state index is 12.5. The van der Waals surface area contributed by atoms with Crippen molar-refractivity contribution in [3.05, 3.63) is 101 Å². The van der Waals surface area contributed by atoms with E-state index in [1.165, 1.54) is 5.56 Å². The second kappa shape index (κ2) is 7.61. The molecule has 0 radical (unpaired) electrons. The van der Waals surface area contributed by atoms with Crippen molar-refractivity contribution in [3.8, 4) is 0 Å². The molecule has 0 unspecified atom stereocenters. The van der Waals surface area contributed by atoms with Crippen LogP contribution in [0.15, 0.2) is 89.1 Å². The number of benzene rings is 3. The standard InChI is InChI=1S/C24H21N3O/c1-16(2)19-13-14-21-20(15-19)23(24(28)25-21)27-26-22(17-9-5-3-6-10-17)18-11-7-4-8-12-18/h3-16H,1-2H3,(H,25,27,28). The summed E-state index contributed by atoms with van der Waals surface area (Å²) in [4.78, 5) is 12.5. The number of hydrogen-bond acceptors (Lipinski definition) is 3. The van der Waals surface area contributed by atoms with Crippen molar-refractivity contribution >= 4 is 23.0 Å². The molecule has 0 aromatic heterocycles. The average molecular weight is 367 g/mol. The van der Waals surface area contributed by atoms with Crippen molar-refractivity contribution in [3.63, 3.8) is 0 Å². The third-order valence-corrected chi connectivity index (χ3v) is 4.77. The fourth-order valence-corrected chi connectivity index (χ4v) is 3.20. The van der Waals surface area contributed by atoms with Crippen LogP contribution in [0.5, 0.6) is 0 Å². The molecular formula is C24H21N3O. The van der Waals surface area contributed by atoms with Crippen LogP contribution in [-0.2, 0) is 4.79 Å². The molecular weight excluding hydrogens is 346 g/mol. The van der Waals surface area contributed by atoms with Crippen LogP contribution in [0.3, 0.4) is 0 Å². The summed E-state index contributed by atoms with van der Waals surface area (Å²) in [6, 6.07) is 25.8. The van der Waals surface area contributed by atoms with Crippen LogP contribution in [0, 0.1) is 0 Å². The molecule has 0 atom stereocenters. The lowest BCUT2D eigenvalue weighted by Gasteiger charge is -2.07. The number of anilines is 1. The van der Waals surface area contributed by atoms with Crippen LogP contribution in [0.2, 0.25) is 0 Å². The number of hydrogen-bond donors (Lipinski definition) is 1. The Labute approximate surface area is 164 Å². The Balaban J connectivity index is 1.82. The summed E-state index contributed by atoms with van der Waals surface area (Å²) in [5.74, 6) is 0.148. The van der Waals surface area contributed by atoms with Gasteiger partial charge in [0.05, 0.1) is 5.69 Å². The molecule has 1 amide bonds. The molecule has 3 aromatic carbocycles. The van der Waals surface area contributed by atoms with Gasteiger partial charge in [0.2, 0.25) is 0 Å². The Hall–Kier alpha value is -3.53. The minimum atomic E-state index is -0.222. The summed E-state index contributed by atoms with van der Waals surface area (Å²) in [5.41, 5.74) is 5.74. The predicted molar refractivity (Wildman–Crippen MR) is 114 cm³/mol. The number of amides is 1.